The molecule has 0 aromatic rings. The van der Waals surface area contributed by atoms with Crippen LogP contribution in [-0.4, -0.2) is 6.61 Å². The molecule has 95 valence electrons. The molecule has 1 heteroatoms. The fourth-order valence-corrected chi connectivity index (χ4v) is 2.25. The zero-order valence-electron chi connectivity index (χ0n) is 11.1. The molecule has 0 saturated carbocycles. The molecule has 0 spiro atoms. The summed E-state index contributed by atoms with van der Waals surface area (Å²) < 4.78 is 5.33. The van der Waals surface area contributed by atoms with Crippen LogP contribution < -0.4 is 0 Å². The molecule has 0 unspecified atom stereocenters. The molecule has 1 fully saturated rings. The third-order valence-electron chi connectivity index (χ3n) is 3.50. The third-order valence-corrected chi connectivity index (χ3v) is 3.50. The molecule has 0 aromatic heterocycles. The Kier molecular flexibility index (Phi) is 8.88. The minimum Gasteiger partial charge on any atom is -0.372 e. The summed E-state index contributed by atoms with van der Waals surface area (Å²) in [6.45, 7) is 3.26. The quantitative estimate of drug-likeness (QED) is 0.436. The van der Waals surface area contributed by atoms with E-state index in [1.54, 1.807) is 0 Å². The highest BCUT2D eigenvalue weighted by Gasteiger charge is 2.17. The van der Waals surface area contributed by atoms with Gasteiger partial charge in [-0.2, -0.15) is 0 Å². The number of unbranched alkanes of at least 4 members (excludes halogenated alkanes) is 9. The van der Waals surface area contributed by atoms with Gasteiger partial charge in [0, 0.05) is 6.42 Å². The SMILES string of the molecule is CCCCCCCCCCCC[C]1CCO1. The van der Waals surface area contributed by atoms with Crippen LogP contribution in [0.4, 0.5) is 0 Å². The van der Waals surface area contributed by atoms with E-state index < -0.39 is 0 Å². The molecule has 16 heavy (non-hydrogen) atoms. The molecule has 0 N–H and O–H groups in total. The van der Waals surface area contributed by atoms with Crippen LogP contribution in [0.1, 0.15) is 84.0 Å². The van der Waals surface area contributed by atoms with Crippen molar-refractivity contribution in [2.75, 3.05) is 6.61 Å². The summed E-state index contributed by atoms with van der Waals surface area (Å²) in [5, 5.41) is 0. The summed E-state index contributed by atoms with van der Waals surface area (Å²) >= 11 is 0. The monoisotopic (exact) mass is 225 g/mol. The van der Waals surface area contributed by atoms with E-state index in [2.05, 4.69) is 6.92 Å². The first-order chi connectivity index (χ1) is 7.93. The first kappa shape index (κ1) is 14.0. The average molecular weight is 225 g/mol. The Labute approximate surface area is 102 Å². The molecule has 1 nitrogen and oxygen atoms in total. The van der Waals surface area contributed by atoms with Crippen molar-refractivity contribution in [2.45, 2.75) is 84.0 Å². The highest BCUT2D eigenvalue weighted by atomic mass is 16.5. The number of hydrogen-bond donors (Lipinski definition) is 0. The van der Waals surface area contributed by atoms with Gasteiger partial charge in [-0.3, -0.25) is 0 Å². The van der Waals surface area contributed by atoms with Gasteiger partial charge >= 0.3 is 0 Å². The summed E-state index contributed by atoms with van der Waals surface area (Å²) in [7, 11) is 0. The van der Waals surface area contributed by atoms with Crippen LogP contribution in [0, 0.1) is 6.10 Å². The normalized spacial score (nSPS) is 16.3. The minimum atomic E-state index is 0.979. The maximum absolute atomic E-state index is 5.33. The second-order valence-corrected chi connectivity index (χ2v) is 5.07. The second kappa shape index (κ2) is 10.1. The molecule has 0 atom stereocenters. The number of ether oxygens (including phenoxy) is 1. The smallest absolute Gasteiger partial charge is 0.0993 e. The average Bonchev–Trinajstić information content (AvgIpc) is 2.23. The van der Waals surface area contributed by atoms with E-state index in [9.17, 15) is 0 Å². The molecule has 1 saturated heterocycles. The Bertz CT molecular complexity index is 140. The van der Waals surface area contributed by atoms with Crippen LogP contribution >= 0.6 is 0 Å². The van der Waals surface area contributed by atoms with Crippen LogP contribution in [-0.2, 0) is 4.74 Å². The zero-order chi connectivity index (χ0) is 11.5. The molecular formula is C15H29O. The largest absolute Gasteiger partial charge is 0.372 e. The van der Waals surface area contributed by atoms with E-state index in [0.29, 0.717) is 0 Å². The highest BCUT2D eigenvalue weighted by Crippen LogP contribution is 2.25. The van der Waals surface area contributed by atoms with Crippen molar-refractivity contribution >= 4 is 0 Å². The first-order valence-electron chi connectivity index (χ1n) is 7.41. The summed E-state index contributed by atoms with van der Waals surface area (Å²) in [5.41, 5.74) is 0. The van der Waals surface area contributed by atoms with Gasteiger partial charge in [0.15, 0.2) is 0 Å². The molecule has 1 aliphatic rings. The fraction of sp³-hybridized carbons (Fsp3) is 0.933. The lowest BCUT2D eigenvalue weighted by molar-refractivity contribution is 0.0337. The minimum absolute atomic E-state index is 0.979. The Balaban J connectivity index is 1.65. The third kappa shape index (κ3) is 7.27. The predicted octanol–water partition coefficient (Wildman–Crippen LogP) is 5.25. The maximum Gasteiger partial charge on any atom is 0.0993 e. The molecule has 0 aromatic carbocycles. The van der Waals surface area contributed by atoms with E-state index in [-0.39, 0.29) is 0 Å². The van der Waals surface area contributed by atoms with Gasteiger partial charge in [-0.1, -0.05) is 71.1 Å². The Morgan fingerprint density at radius 3 is 1.75 bits per heavy atom. The van der Waals surface area contributed by atoms with Gasteiger partial charge in [0.25, 0.3) is 0 Å². The Hall–Kier alpha value is -0.0400. The van der Waals surface area contributed by atoms with Gasteiger partial charge in [-0.05, 0) is 6.42 Å². The van der Waals surface area contributed by atoms with Gasteiger partial charge in [-0.25, -0.2) is 0 Å². The van der Waals surface area contributed by atoms with E-state index >= 15 is 0 Å². The van der Waals surface area contributed by atoms with Gasteiger partial charge in [0.05, 0.1) is 12.7 Å². The Morgan fingerprint density at radius 1 is 0.812 bits per heavy atom. The van der Waals surface area contributed by atoms with Crippen LogP contribution in [0.5, 0.6) is 0 Å². The summed E-state index contributed by atoms with van der Waals surface area (Å²) in [4.78, 5) is 0. The van der Waals surface area contributed by atoms with Gasteiger partial charge < -0.3 is 4.74 Å². The van der Waals surface area contributed by atoms with Crippen molar-refractivity contribution in [1.82, 2.24) is 0 Å². The lowest BCUT2D eigenvalue weighted by Gasteiger charge is -2.24. The fourth-order valence-electron chi connectivity index (χ4n) is 2.25. The number of rotatable bonds is 11. The zero-order valence-corrected chi connectivity index (χ0v) is 11.1. The van der Waals surface area contributed by atoms with Crippen LogP contribution in [0.2, 0.25) is 0 Å². The Morgan fingerprint density at radius 2 is 1.31 bits per heavy atom. The second-order valence-electron chi connectivity index (χ2n) is 5.07. The van der Waals surface area contributed by atoms with Crippen molar-refractivity contribution in [1.29, 1.82) is 0 Å². The lowest BCUT2D eigenvalue weighted by Crippen LogP contribution is -2.17. The van der Waals surface area contributed by atoms with Crippen molar-refractivity contribution in [3.05, 3.63) is 6.10 Å². The highest BCUT2D eigenvalue weighted by molar-refractivity contribution is 4.85. The summed E-state index contributed by atoms with van der Waals surface area (Å²) in [6.07, 6.45) is 18.1. The molecule has 1 aliphatic heterocycles. The van der Waals surface area contributed by atoms with Gasteiger partial charge in [0.2, 0.25) is 0 Å². The lowest BCUT2D eigenvalue weighted by atomic mass is 10.0. The van der Waals surface area contributed by atoms with E-state index in [4.69, 9.17) is 4.74 Å². The van der Waals surface area contributed by atoms with E-state index in [1.165, 1.54) is 83.2 Å². The molecule has 1 heterocycles. The summed E-state index contributed by atoms with van der Waals surface area (Å²) in [6, 6.07) is 0. The van der Waals surface area contributed by atoms with E-state index in [0.717, 1.165) is 6.61 Å². The molecular weight excluding hydrogens is 196 g/mol. The van der Waals surface area contributed by atoms with Gasteiger partial charge in [-0.15, -0.1) is 0 Å². The summed E-state index contributed by atoms with van der Waals surface area (Å²) in [5.74, 6) is 0. The molecule has 0 amide bonds. The molecule has 1 rings (SSSR count). The molecule has 0 aliphatic carbocycles. The van der Waals surface area contributed by atoms with Crippen molar-refractivity contribution in [2.24, 2.45) is 0 Å². The molecule has 0 bridgehead atoms. The van der Waals surface area contributed by atoms with Crippen LogP contribution in [0.15, 0.2) is 0 Å². The van der Waals surface area contributed by atoms with Crippen molar-refractivity contribution in [3.8, 4) is 0 Å². The standard InChI is InChI=1S/C15H29O/c1-2-3-4-5-6-7-8-9-10-11-12-15-13-14-16-15/h2-14H2,1H3. The van der Waals surface area contributed by atoms with Crippen molar-refractivity contribution in [3.63, 3.8) is 0 Å². The van der Waals surface area contributed by atoms with Crippen LogP contribution in [0.25, 0.3) is 0 Å². The predicted molar refractivity (Wildman–Crippen MR) is 70.3 cm³/mol. The van der Waals surface area contributed by atoms with E-state index in [1.807, 2.05) is 0 Å². The van der Waals surface area contributed by atoms with Crippen molar-refractivity contribution < 1.29 is 4.74 Å². The maximum atomic E-state index is 5.33. The molecule has 1 radical (unpaired) electrons. The number of hydrogen-bond acceptors (Lipinski definition) is 1. The first-order valence-corrected chi connectivity index (χ1v) is 7.41. The van der Waals surface area contributed by atoms with Crippen LogP contribution in [0.3, 0.4) is 0 Å². The van der Waals surface area contributed by atoms with Gasteiger partial charge in [0.1, 0.15) is 0 Å². The topological polar surface area (TPSA) is 9.23 Å².